The van der Waals surface area contributed by atoms with Crippen LogP contribution in [-0.2, 0) is 16.1 Å². The van der Waals surface area contributed by atoms with Crippen molar-refractivity contribution in [3.8, 4) is 0 Å². The summed E-state index contributed by atoms with van der Waals surface area (Å²) in [5.41, 5.74) is 1.11. The maximum atomic E-state index is 12.7. The first-order chi connectivity index (χ1) is 14.5. The Labute approximate surface area is 183 Å². The number of carbonyl (C=O) groups excluding carboxylic acids is 1. The summed E-state index contributed by atoms with van der Waals surface area (Å²) in [5.74, 6) is -2.42. The maximum absolute atomic E-state index is 12.7. The molecule has 9 heteroatoms. The molecule has 168 valence electrons. The molecule has 1 aromatic heterocycles. The molecular weight excluding hydrogens is 429 g/mol. The standard InChI is InChI=1S/C20H24N2OS.C2HF3O2/c1-15-8-9-17(24-15)14-22-12-10-20(11-13-22)18(21(2)19(20)23)16-6-4-3-5-7-16;3-2(4,5)1(6)7/h3-9,18H,10-14H2,1-2H3;(H,6,7). The number of aliphatic carboxylic acids is 1. The lowest BCUT2D eigenvalue weighted by Crippen LogP contribution is -2.64. The summed E-state index contributed by atoms with van der Waals surface area (Å²) in [5, 5.41) is 7.12. The van der Waals surface area contributed by atoms with Crippen LogP contribution < -0.4 is 0 Å². The Kier molecular flexibility index (Phi) is 6.76. The van der Waals surface area contributed by atoms with Gasteiger partial charge in [-0.2, -0.15) is 13.2 Å². The highest BCUT2D eigenvalue weighted by atomic mass is 32.1. The summed E-state index contributed by atoms with van der Waals surface area (Å²) in [4.78, 5) is 28.8. The Hall–Kier alpha value is -2.39. The summed E-state index contributed by atoms with van der Waals surface area (Å²) in [6.07, 6.45) is -3.14. The normalized spacial score (nSPS) is 20.7. The first-order valence-corrected chi connectivity index (χ1v) is 10.8. The predicted molar refractivity (Wildman–Crippen MR) is 112 cm³/mol. The van der Waals surface area contributed by atoms with E-state index >= 15 is 0 Å². The Balaban J connectivity index is 0.000000339. The minimum atomic E-state index is -5.08. The number of rotatable bonds is 3. The van der Waals surface area contributed by atoms with Gasteiger partial charge in [0.25, 0.3) is 0 Å². The molecule has 1 unspecified atom stereocenters. The van der Waals surface area contributed by atoms with E-state index in [0.29, 0.717) is 5.91 Å². The summed E-state index contributed by atoms with van der Waals surface area (Å²) < 4.78 is 31.7. The van der Waals surface area contributed by atoms with E-state index in [4.69, 9.17) is 9.90 Å². The molecule has 1 atom stereocenters. The molecule has 2 aliphatic heterocycles. The minimum absolute atomic E-state index is 0.169. The van der Waals surface area contributed by atoms with Gasteiger partial charge >= 0.3 is 12.1 Å². The van der Waals surface area contributed by atoms with Crippen LogP contribution in [0.3, 0.4) is 0 Å². The summed E-state index contributed by atoms with van der Waals surface area (Å²) in [6.45, 7) is 5.21. The summed E-state index contributed by atoms with van der Waals surface area (Å²) in [7, 11) is 1.95. The number of halogens is 3. The second kappa shape index (κ2) is 9.00. The number of β-lactam (4-membered cyclic amide) rings is 1. The average Bonchev–Trinajstić information content (AvgIpc) is 3.14. The van der Waals surface area contributed by atoms with E-state index in [-0.39, 0.29) is 11.5 Å². The van der Waals surface area contributed by atoms with Crippen molar-refractivity contribution in [3.05, 3.63) is 57.8 Å². The van der Waals surface area contributed by atoms with Gasteiger partial charge in [-0.15, -0.1) is 11.3 Å². The SMILES string of the molecule is Cc1ccc(CN2CCC3(CC2)C(=O)N(C)C3c2ccccc2)s1.O=C(O)C(F)(F)F. The molecule has 0 aliphatic carbocycles. The smallest absolute Gasteiger partial charge is 0.475 e. The fraction of sp³-hybridized carbons (Fsp3) is 0.455. The van der Waals surface area contributed by atoms with E-state index in [2.05, 4.69) is 48.2 Å². The van der Waals surface area contributed by atoms with Crippen LogP contribution >= 0.6 is 11.3 Å². The van der Waals surface area contributed by atoms with Gasteiger partial charge in [-0.25, -0.2) is 4.79 Å². The highest BCUT2D eigenvalue weighted by molar-refractivity contribution is 7.11. The van der Waals surface area contributed by atoms with E-state index in [1.807, 2.05) is 29.4 Å². The van der Waals surface area contributed by atoms with Crippen molar-refractivity contribution in [2.24, 2.45) is 5.41 Å². The number of carboxylic acids is 1. The number of likely N-dealkylation sites (tertiary alicyclic amines) is 2. The van der Waals surface area contributed by atoms with Crippen molar-refractivity contribution in [1.82, 2.24) is 9.80 Å². The zero-order valence-electron chi connectivity index (χ0n) is 17.4. The van der Waals surface area contributed by atoms with Gasteiger partial charge in [-0.05, 0) is 50.6 Å². The van der Waals surface area contributed by atoms with Crippen molar-refractivity contribution < 1.29 is 27.9 Å². The van der Waals surface area contributed by atoms with Crippen molar-refractivity contribution in [2.75, 3.05) is 20.1 Å². The van der Waals surface area contributed by atoms with Crippen LogP contribution in [-0.4, -0.2) is 53.1 Å². The number of aryl methyl sites for hydroxylation is 1. The minimum Gasteiger partial charge on any atom is -0.475 e. The number of amides is 1. The average molecular weight is 455 g/mol. The second-order valence-electron chi connectivity index (χ2n) is 7.98. The van der Waals surface area contributed by atoms with Gasteiger partial charge in [0.2, 0.25) is 5.91 Å². The fourth-order valence-electron chi connectivity index (χ4n) is 4.46. The first-order valence-electron chi connectivity index (χ1n) is 9.94. The molecule has 1 aromatic carbocycles. The highest BCUT2D eigenvalue weighted by Crippen LogP contribution is 2.55. The molecule has 0 bridgehead atoms. The topological polar surface area (TPSA) is 60.9 Å². The van der Waals surface area contributed by atoms with Gasteiger partial charge in [0.1, 0.15) is 0 Å². The molecule has 1 amide bonds. The monoisotopic (exact) mass is 454 g/mol. The Morgan fingerprint density at radius 1 is 1.16 bits per heavy atom. The van der Waals surface area contributed by atoms with Crippen molar-refractivity contribution in [2.45, 2.75) is 38.5 Å². The Morgan fingerprint density at radius 3 is 2.23 bits per heavy atom. The Morgan fingerprint density at radius 2 is 1.74 bits per heavy atom. The third kappa shape index (κ3) is 4.93. The van der Waals surface area contributed by atoms with Crippen LogP contribution in [0, 0.1) is 12.3 Å². The van der Waals surface area contributed by atoms with Crippen molar-refractivity contribution in [1.29, 1.82) is 0 Å². The summed E-state index contributed by atoms with van der Waals surface area (Å²) in [6, 6.07) is 15.2. The lowest BCUT2D eigenvalue weighted by Gasteiger charge is -2.58. The van der Waals surface area contributed by atoms with Gasteiger partial charge in [-0.3, -0.25) is 9.69 Å². The number of carboxylic acid groups (broad SMARTS) is 1. The van der Waals surface area contributed by atoms with Gasteiger partial charge in [-0.1, -0.05) is 30.3 Å². The van der Waals surface area contributed by atoms with Crippen LogP contribution in [0.2, 0.25) is 0 Å². The number of thiophene rings is 1. The molecule has 2 aliphatic rings. The predicted octanol–water partition coefficient (Wildman–Crippen LogP) is 4.49. The number of nitrogens with zero attached hydrogens (tertiary/aromatic N) is 2. The largest absolute Gasteiger partial charge is 0.490 e. The van der Waals surface area contributed by atoms with Crippen molar-refractivity contribution in [3.63, 3.8) is 0 Å². The van der Waals surface area contributed by atoms with E-state index in [1.165, 1.54) is 15.3 Å². The molecule has 1 spiro atoms. The van der Waals surface area contributed by atoms with Crippen molar-refractivity contribution >= 4 is 23.2 Å². The first kappa shape index (κ1) is 23.3. The molecule has 0 saturated carbocycles. The van der Waals surface area contributed by atoms with Crippen LogP contribution in [0.5, 0.6) is 0 Å². The fourth-order valence-corrected chi connectivity index (χ4v) is 5.39. The number of benzene rings is 1. The lowest BCUT2D eigenvalue weighted by molar-refractivity contribution is -0.192. The highest BCUT2D eigenvalue weighted by Gasteiger charge is 2.59. The quantitative estimate of drug-likeness (QED) is 0.695. The number of piperidine rings is 1. The molecule has 3 heterocycles. The molecule has 4 rings (SSSR count). The van der Waals surface area contributed by atoms with Crippen LogP contribution in [0.1, 0.15) is 34.2 Å². The van der Waals surface area contributed by atoms with E-state index in [9.17, 15) is 18.0 Å². The van der Waals surface area contributed by atoms with E-state index in [1.54, 1.807) is 0 Å². The molecule has 5 nitrogen and oxygen atoms in total. The van der Waals surface area contributed by atoms with Crippen LogP contribution in [0.25, 0.3) is 0 Å². The van der Waals surface area contributed by atoms with Crippen LogP contribution in [0.15, 0.2) is 42.5 Å². The zero-order chi connectivity index (χ0) is 22.8. The van der Waals surface area contributed by atoms with Gasteiger partial charge in [0, 0.05) is 23.3 Å². The molecule has 31 heavy (non-hydrogen) atoms. The Bertz CT molecular complexity index is 922. The number of hydrogen-bond donors (Lipinski definition) is 1. The zero-order valence-corrected chi connectivity index (χ0v) is 18.2. The number of hydrogen-bond acceptors (Lipinski definition) is 4. The molecule has 2 fully saturated rings. The molecule has 1 N–H and O–H groups in total. The van der Waals surface area contributed by atoms with Gasteiger partial charge < -0.3 is 10.0 Å². The second-order valence-corrected chi connectivity index (χ2v) is 9.35. The van der Waals surface area contributed by atoms with Gasteiger partial charge in [0.05, 0.1) is 11.5 Å². The molecule has 2 aromatic rings. The number of carbonyl (C=O) groups is 2. The van der Waals surface area contributed by atoms with Gasteiger partial charge in [0.15, 0.2) is 0 Å². The summed E-state index contributed by atoms with van der Waals surface area (Å²) >= 11 is 1.88. The molecule has 2 saturated heterocycles. The lowest BCUT2D eigenvalue weighted by atomic mass is 9.62. The van der Waals surface area contributed by atoms with E-state index in [0.717, 1.165) is 32.5 Å². The van der Waals surface area contributed by atoms with E-state index < -0.39 is 12.1 Å². The molecular formula is C22H25F3N2O3S. The third-order valence-electron chi connectivity index (χ3n) is 5.94. The maximum Gasteiger partial charge on any atom is 0.490 e. The molecule has 0 radical (unpaired) electrons. The third-order valence-corrected chi connectivity index (χ3v) is 6.92. The van der Waals surface area contributed by atoms with Crippen LogP contribution in [0.4, 0.5) is 13.2 Å². The number of alkyl halides is 3.